The van der Waals surface area contributed by atoms with Crippen molar-refractivity contribution >= 4 is 34.8 Å². The molecule has 5 heteroatoms. The third-order valence-electron chi connectivity index (χ3n) is 3.82. The van der Waals surface area contributed by atoms with Gasteiger partial charge in [0.1, 0.15) is 17.1 Å². The van der Waals surface area contributed by atoms with Crippen LogP contribution in [0.3, 0.4) is 0 Å². The predicted molar refractivity (Wildman–Crippen MR) is 92.5 cm³/mol. The minimum Gasteiger partial charge on any atom is -0.466 e. The van der Waals surface area contributed by atoms with Crippen molar-refractivity contribution in [2.75, 3.05) is 6.79 Å². The molecule has 116 valence electrons. The van der Waals surface area contributed by atoms with E-state index in [1.54, 1.807) is 0 Å². The fourth-order valence-corrected chi connectivity index (χ4v) is 3.27. The van der Waals surface area contributed by atoms with Crippen LogP contribution in [0.15, 0.2) is 40.8 Å². The van der Waals surface area contributed by atoms with E-state index in [0.29, 0.717) is 17.4 Å². The highest BCUT2D eigenvalue weighted by atomic mass is 35.5. The van der Waals surface area contributed by atoms with Gasteiger partial charge in [-0.2, -0.15) is 0 Å². The van der Waals surface area contributed by atoms with Gasteiger partial charge in [-0.15, -0.1) is 0 Å². The van der Waals surface area contributed by atoms with Gasteiger partial charge in [-0.3, -0.25) is 0 Å². The van der Waals surface area contributed by atoms with Gasteiger partial charge in [0.15, 0.2) is 6.79 Å². The standard InChI is InChI=1S/C18H13ClO3S/c1-10-2-3-13-15(4-10)22-16(7-17(13)23)14-6-12(19)5-11-8-20-9-21-18(11)14/h2-7H,8-9H2,1H3. The normalized spacial score (nSPS) is 13.7. The zero-order valence-electron chi connectivity index (χ0n) is 12.4. The molecule has 0 spiro atoms. The van der Waals surface area contributed by atoms with Crippen molar-refractivity contribution in [1.82, 2.24) is 0 Å². The molecule has 1 aliphatic rings. The number of rotatable bonds is 1. The Morgan fingerprint density at radius 2 is 2.00 bits per heavy atom. The molecule has 3 aromatic rings. The number of benzene rings is 2. The summed E-state index contributed by atoms with van der Waals surface area (Å²) in [6.07, 6.45) is 0. The van der Waals surface area contributed by atoms with Crippen molar-refractivity contribution in [3.8, 4) is 17.1 Å². The van der Waals surface area contributed by atoms with E-state index in [1.165, 1.54) is 0 Å². The van der Waals surface area contributed by atoms with Gasteiger partial charge in [-0.25, -0.2) is 0 Å². The first-order chi connectivity index (χ1) is 11.1. The second kappa shape index (κ2) is 5.64. The average Bonchev–Trinajstić information content (AvgIpc) is 2.53. The van der Waals surface area contributed by atoms with Crippen molar-refractivity contribution in [1.29, 1.82) is 0 Å². The molecule has 0 bridgehead atoms. The van der Waals surface area contributed by atoms with E-state index in [-0.39, 0.29) is 6.79 Å². The molecule has 2 aromatic carbocycles. The second-order valence-electron chi connectivity index (χ2n) is 5.53. The zero-order valence-corrected chi connectivity index (χ0v) is 14.0. The van der Waals surface area contributed by atoms with Gasteiger partial charge in [0.2, 0.25) is 0 Å². The summed E-state index contributed by atoms with van der Waals surface area (Å²) in [4.78, 5) is 0. The molecule has 0 unspecified atom stereocenters. The van der Waals surface area contributed by atoms with Crippen LogP contribution >= 0.6 is 23.8 Å². The highest BCUT2D eigenvalue weighted by Crippen LogP contribution is 2.39. The predicted octanol–water partition coefficient (Wildman–Crippen LogP) is 5.66. The van der Waals surface area contributed by atoms with Crippen LogP contribution in [-0.4, -0.2) is 6.79 Å². The van der Waals surface area contributed by atoms with Crippen molar-refractivity contribution in [3.63, 3.8) is 0 Å². The molecule has 4 rings (SSSR count). The first kappa shape index (κ1) is 14.7. The minimum atomic E-state index is 0.217. The molecule has 0 aliphatic carbocycles. The molecular formula is C18H13ClO3S. The molecular weight excluding hydrogens is 332 g/mol. The Labute approximate surface area is 143 Å². The summed E-state index contributed by atoms with van der Waals surface area (Å²) in [5.41, 5.74) is 3.58. The SMILES string of the molecule is Cc1ccc2c(=S)cc(-c3cc(Cl)cc4c3OCOC4)oc2c1. The average molecular weight is 345 g/mol. The lowest BCUT2D eigenvalue weighted by Gasteiger charge is -2.20. The van der Waals surface area contributed by atoms with Gasteiger partial charge in [0.05, 0.1) is 16.7 Å². The third-order valence-corrected chi connectivity index (χ3v) is 4.38. The Morgan fingerprint density at radius 1 is 1.13 bits per heavy atom. The quantitative estimate of drug-likeness (QED) is 0.533. The lowest BCUT2D eigenvalue weighted by molar-refractivity contribution is -0.0159. The largest absolute Gasteiger partial charge is 0.466 e. The number of hydrogen-bond acceptors (Lipinski definition) is 4. The fraction of sp³-hybridized carbons (Fsp3) is 0.167. The van der Waals surface area contributed by atoms with Crippen molar-refractivity contribution in [2.24, 2.45) is 0 Å². The lowest BCUT2D eigenvalue weighted by atomic mass is 10.1. The van der Waals surface area contributed by atoms with Crippen LogP contribution in [0.4, 0.5) is 0 Å². The maximum atomic E-state index is 6.24. The molecule has 2 heterocycles. The van der Waals surface area contributed by atoms with E-state index in [4.69, 9.17) is 37.7 Å². The number of hydrogen-bond donors (Lipinski definition) is 0. The molecule has 1 aliphatic heterocycles. The Morgan fingerprint density at radius 3 is 2.87 bits per heavy atom. The van der Waals surface area contributed by atoms with Gasteiger partial charge in [-0.05, 0) is 36.8 Å². The van der Waals surface area contributed by atoms with E-state index in [0.717, 1.165) is 37.9 Å². The van der Waals surface area contributed by atoms with Gasteiger partial charge < -0.3 is 13.9 Å². The molecule has 23 heavy (non-hydrogen) atoms. The summed E-state index contributed by atoms with van der Waals surface area (Å²) in [5.74, 6) is 1.39. The summed E-state index contributed by atoms with van der Waals surface area (Å²) in [6.45, 7) is 2.71. The Kier molecular flexibility index (Phi) is 3.60. The zero-order chi connectivity index (χ0) is 16.0. The van der Waals surface area contributed by atoms with Crippen molar-refractivity contribution in [2.45, 2.75) is 13.5 Å². The van der Waals surface area contributed by atoms with Crippen LogP contribution in [0.5, 0.6) is 5.75 Å². The van der Waals surface area contributed by atoms with Crippen LogP contribution in [-0.2, 0) is 11.3 Å². The second-order valence-corrected chi connectivity index (χ2v) is 6.40. The first-order valence-corrected chi connectivity index (χ1v) is 7.98. The van der Waals surface area contributed by atoms with Crippen molar-refractivity contribution < 1.29 is 13.9 Å². The number of halogens is 1. The summed E-state index contributed by atoms with van der Waals surface area (Å²) in [5, 5.41) is 1.54. The van der Waals surface area contributed by atoms with E-state index in [1.807, 2.05) is 43.3 Å². The number of aryl methyl sites for hydroxylation is 1. The Balaban J connectivity index is 1.99. The van der Waals surface area contributed by atoms with Crippen LogP contribution in [0.25, 0.3) is 22.3 Å². The fourth-order valence-electron chi connectivity index (χ4n) is 2.76. The van der Waals surface area contributed by atoms with Crippen LogP contribution in [0.2, 0.25) is 5.02 Å². The molecule has 0 saturated carbocycles. The molecule has 0 atom stereocenters. The maximum Gasteiger partial charge on any atom is 0.189 e. The van der Waals surface area contributed by atoms with Gasteiger partial charge in [0, 0.05) is 22.0 Å². The van der Waals surface area contributed by atoms with Crippen molar-refractivity contribution in [3.05, 3.63) is 57.1 Å². The van der Waals surface area contributed by atoms with Crippen LogP contribution in [0, 0.1) is 11.4 Å². The Hall–Kier alpha value is -1.88. The summed E-state index contributed by atoms with van der Waals surface area (Å²) in [7, 11) is 0. The smallest absolute Gasteiger partial charge is 0.189 e. The minimum absolute atomic E-state index is 0.217. The highest BCUT2D eigenvalue weighted by molar-refractivity contribution is 7.71. The summed E-state index contributed by atoms with van der Waals surface area (Å²) in [6, 6.07) is 11.5. The number of fused-ring (bicyclic) bond motifs is 2. The van der Waals surface area contributed by atoms with E-state index in [2.05, 4.69) is 0 Å². The van der Waals surface area contributed by atoms with Gasteiger partial charge in [0.25, 0.3) is 0 Å². The first-order valence-electron chi connectivity index (χ1n) is 7.20. The Bertz CT molecular complexity index is 978. The molecule has 0 N–H and O–H groups in total. The van der Waals surface area contributed by atoms with E-state index < -0.39 is 0 Å². The highest BCUT2D eigenvalue weighted by Gasteiger charge is 2.19. The van der Waals surface area contributed by atoms with E-state index in [9.17, 15) is 0 Å². The topological polar surface area (TPSA) is 31.6 Å². The number of ether oxygens (including phenoxy) is 2. The van der Waals surface area contributed by atoms with Gasteiger partial charge >= 0.3 is 0 Å². The molecule has 0 saturated heterocycles. The molecule has 0 radical (unpaired) electrons. The van der Waals surface area contributed by atoms with Crippen LogP contribution in [0.1, 0.15) is 11.1 Å². The molecule has 3 nitrogen and oxygen atoms in total. The summed E-state index contributed by atoms with van der Waals surface area (Å²) < 4.78 is 17.8. The monoisotopic (exact) mass is 344 g/mol. The summed E-state index contributed by atoms with van der Waals surface area (Å²) >= 11 is 11.7. The van der Waals surface area contributed by atoms with Crippen LogP contribution < -0.4 is 4.74 Å². The molecule has 0 amide bonds. The maximum absolute atomic E-state index is 6.24. The van der Waals surface area contributed by atoms with E-state index >= 15 is 0 Å². The lowest BCUT2D eigenvalue weighted by Crippen LogP contribution is -2.12. The molecule has 0 fully saturated rings. The third kappa shape index (κ3) is 2.63. The molecule has 1 aromatic heterocycles. The van der Waals surface area contributed by atoms with Gasteiger partial charge in [-0.1, -0.05) is 29.9 Å².